The van der Waals surface area contributed by atoms with Crippen LogP contribution in [0.2, 0.25) is 0 Å². The van der Waals surface area contributed by atoms with Crippen LogP contribution in [0.5, 0.6) is 0 Å². The maximum absolute atomic E-state index is 3.11. The Kier molecular flexibility index (Phi) is 3.83. The zero-order chi connectivity index (χ0) is 9.52. The Hall–Kier alpha value is -1.50. The maximum Gasteiger partial charge on any atom is 0.0343 e. The molecule has 0 aliphatic carbocycles. The maximum atomic E-state index is 3.11. The third-order valence-corrected chi connectivity index (χ3v) is 1.77. The van der Waals surface area contributed by atoms with Gasteiger partial charge in [-0.25, -0.2) is 0 Å². The fourth-order valence-corrected chi connectivity index (χ4v) is 1.08. The van der Waals surface area contributed by atoms with Gasteiger partial charge in [0, 0.05) is 12.7 Å². The molecule has 0 heterocycles. The van der Waals surface area contributed by atoms with Gasteiger partial charge in [-0.2, -0.15) is 0 Å². The van der Waals surface area contributed by atoms with E-state index in [0.29, 0.717) is 0 Å². The molecule has 0 radical (unpaired) electrons. The topological polar surface area (TPSA) is 12.0 Å². The highest BCUT2D eigenvalue weighted by Crippen LogP contribution is 2.10. The first kappa shape index (κ1) is 9.59. The smallest absolute Gasteiger partial charge is 0.0343 e. The average Bonchev–Trinajstić information content (AvgIpc) is 2.19. The number of allylic oxidation sites excluding steroid dienone is 3. The van der Waals surface area contributed by atoms with E-state index in [1.807, 2.05) is 44.3 Å². The lowest BCUT2D eigenvalue weighted by molar-refractivity contribution is 1.50. The molecule has 1 aromatic rings. The lowest BCUT2D eigenvalue weighted by atomic mass is 10.2. The molecule has 0 bridgehead atoms. The Bertz CT molecular complexity index is 311. The van der Waals surface area contributed by atoms with Gasteiger partial charge in [-0.15, -0.1) is 0 Å². The summed E-state index contributed by atoms with van der Waals surface area (Å²) in [6, 6.07) is 8.29. The third kappa shape index (κ3) is 3.16. The molecule has 0 fully saturated rings. The van der Waals surface area contributed by atoms with Gasteiger partial charge >= 0.3 is 0 Å². The van der Waals surface area contributed by atoms with Crippen molar-refractivity contribution in [1.29, 1.82) is 0 Å². The highest BCUT2D eigenvalue weighted by atomic mass is 14.8. The molecule has 13 heavy (non-hydrogen) atoms. The van der Waals surface area contributed by atoms with Crippen LogP contribution in [0.4, 0.5) is 5.69 Å². The summed E-state index contributed by atoms with van der Waals surface area (Å²) in [5, 5.41) is 3.11. The van der Waals surface area contributed by atoms with E-state index < -0.39 is 0 Å². The first-order valence-corrected chi connectivity index (χ1v) is 4.44. The molecule has 0 atom stereocenters. The van der Waals surface area contributed by atoms with Crippen LogP contribution < -0.4 is 5.32 Å². The normalized spacial score (nSPS) is 11.2. The SMILES string of the molecule is C/C=C\C=C/c1cccc(NC)c1. The van der Waals surface area contributed by atoms with Gasteiger partial charge in [0.2, 0.25) is 0 Å². The molecule has 1 rings (SSSR count). The summed E-state index contributed by atoms with van der Waals surface area (Å²) in [6.45, 7) is 2.01. The Labute approximate surface area is 79.8 Å². The van der Waals surface area contributed by atoms with Crippen molar-refractivity contribution in [2.45, 2.75) is 6.92 Å². The summed E-state index contributed by atoms with van der Waals surface area (Å²) in [5.74, 6) is 0. The van der Waals surface area contributed by atoms with Crippen molar-refractivity contribution in [3.8, 4) is 0 Å². The molecular weight excluding hydrogens is 158 g/mol. The van der Waals surface area contributed by atoms with Crippen LogP contribution in [0.3, 0.4) is 0 Å². The predicted octanol–water partition coefficient (Wildman–Crippen LogP) is 3.32. The van der Waals surface area contributed by atoms with E-state index in [1.165, 1.54) is 5.56 Å². The molecule has 68 valence electrons. The summed E-state index contributed by atoms with van der Waals surface area (Å²) in [7, 11) is 1.93. The van der Waals surface area contributed by atoms with Crippen LogP contribution in [0.15, 0.2) is 42.5 Å². The Balaban J connectivity index is 2.77. The van der Waals surface area contributed by atoms with Gasteiger partial charge in [-0.1, -0.05) is 36.4 Å². The standard InChI is InChI=1S/C12H15N/c1-3-4-5-7-11-8-6-9-12(10-11)13-2/h3-10,13H,1-2H3/b4-3-,7-5-. The predicted molar refractivity (Wildman–Crippen MR) is 59.8 cm³/mol. The second-order valence-electron chi connectivity index (χ2n) is 2.76. The van der Waals surface area contributed by atoms with Crippen molar-refractivity contribution in [2.24, 2.45) is 0 Å². The first-order chi connectivity index (χ1) is 6.36. The largest absolute Gasteiger partial charge is 0.388 e. The van der Waals surface area contributed by atoms with Crippen molar-refractivity contribution in [2.75, 3.05) is 12.4 Å². The van der Waals surface area contributed by atoms with E-state index in [1.54, 1.807) is 0 Å². The lowest BCUT2D eigenvalue weighted by Crippen LogP contribution is -1.86. The highest BCUT2D eigenvalue weighted by Gasteiger charge is 1.87. The van der Waals surface area contributed by atoms with Gasteiger partial charge in [0.1, 0.15) is 0 Å². The van der Waals surface area contributed by atoms with Crippen LogP contribution in [0.25, 0.3) is 6.08 Å². The van der Waals surface area contributed by atoms with E-state index in [4.69, 9.17) is 0 Å². The molecule has 1 N–H and O–H groups in total. The molecule has 0 saturated carbocycles. The Morgan fingerprint density at radius 3 is 2.77 bits per heavy atom. The van der Waals surface area contributed by atoms with Gasteiger partial charge in [0.25, 0.3) is 0 Å². The van der Waals surface area contributed by atoms with Crippen LogP contribution in [0, 0.1) is 0 Å². The number of benzene rings is 1. The minimum Gasteiger partial charge on any atom is -0.388 e. The van der Waals surface area contributed by atoms with Gasteiger partial charge in [-0.05, 0) is 24.6 Å². The average molecular weight is 173 g/mol. The summed E-state index contributed by atoms with van der Waals surface area (Å²) in [6.07, 6.45) is 8.15. The van der Waals surface area contributed by atoms with Crippen molar-refractivity contribution in [3.05, 3.63) is 48.1 Å². The van der Waals surface area contributed by atoms with Gasteiger partial charge in [0.05, 0.1) is 0 Å². The number of nitrogens with one attached hydrogen (secondary N) is 1. The number of hydrogen-bond donors (Lipinski definition) is 1. The highest BCUT2D eigenvalue weighted by molar-refractivity contribution is 5.57. The molecule has 0 spiro atoms. The van der Waals surface area contributed by atoms with E-state index in [2.05, 4.69) is 23.5 Å². The molecule has 1 heteroatoms. The number of rotatable bonds is 3. The Morgan fingerprint density at radius 1 is 1.23 bits per heavy atom. The van der Waals surface area contributed by atoms with E-state index >= 15 is 0 Å². The Morgan fingerprint density at radius 2 is 2.08 bits per heavy atom. The number of hydrogen-bond acceptors (Lipinski definition) is 1. The minimum atomic E-state index is 1.14. The fraction of sp³-hybridized carbons (Fsp3) is 0.167. The van der Waals surface area contributed by atoms with Gasteiger partial charge < -0.3 is 5.32 Å². The third-order valence-electron chi connectivity index (χ3n) is 1.77. The first-order valence-electron chi connectivity index (χ1n) is 4.44. The molecule has 0 aromatic heterocycles. The van der Waals surface area contributed by atoms with Crippen molar-refractivity contribution in [1.82, 2.24) is 0 Å². The number of anilines is 1. The summed E-state index contributed by atoms with van der Waals surface area (Å²) in [4.78, 5) is 0. The van der Waals surface area contributed by atoms with Crippen molar-refractivity contribution < 1.29 is 0 Å². The second kappa shape index (κ2) is 5.20. The van der Waals surface area contributed by atoms with E-state index in [-0.39, 0.29) is 0 Å². The lowest BCUT2D eigenvalue weighted by Gasteiger charge is -1.99. The van der Waals surface area contributed by atoms with Gasteiger partial charge in [0.15, 0.2) is 0 Å². The van der Waals surface area contributed by atoms with E-state index in [0.717, 1.165) is 5.69 Å². The van der Waals surface area contributed by atoms with Crippen LogP contribution in [0.1, 0.15) is 12.5 Å². The fourth-order valence-electron chi connectivity index (χ4n) is 1.08. The zero-order valence-electron chi connectivity index (χ0n) is 8.12. The van der Waals surface area contributed by atoms with Crippen LogP contribution >= 0.6 is 0 Å². The quantitative estimate of drug-likeness (QED) is 0.691. The van der Waals surface area contributed by atoms with Crippen molar-refractivity contribution >= 4 is 11.8 Å². The minimum absolute atomic E-state index is 1.14. The molecule has 0 aliphatic rings. The van der Waals surface area contributed by atoms with Gasteiger partial charge in [-0.3, -0.25) is 0 Å². The zero-order valence-corrected chi connectivity index (χ0v) is 8.12. The summed E-state index contributed by atoms with van der Waals surface area (Å²) < 4.78 is 0. The molecule has 0 amide bonds. The summed E-state index contributed by atoms with van der Waals surface area (Å²) >= 11 is 0. The monoisotopic (exact) mass is 173 g/mol. The second-order valence-corrected chi connectivity index (χ2v) is 2.76. The van der Waals surface area contributed by atoms with Crippen LogP contribution in [-0.2, 0) is 0 Å². The molecule has 0 unspecified atom stereocenters. The molecular formula is C12H15N. The van der Waals surface area contributed by atoms with E-state index in [9.17, 15) is 0 Å². The van der Waals surface area contributed by atoms with Crippen molar-refractivity contribution in [3.63, 3.8) is 0 Å². The molecule has 1 aromatic carbocycles. The molecule has 0 aliphatic heterocycles. The molecule has 0 saturated heterocycles. The van der Waals surface area contributed by atoms with Crippen LogP contribution in [-0.4, -0.2) is 7.05 Å². The molecule has 1 nitrogen and oxygen atoms in total. The summed E-state index contributed by atoms with van der Waals surface area (Å²) in [5.41, 5.74) is 2.35.